The third-order valence-corrected chi connectivity index (χ3v) is 4.10. The molecule has 1 aliphatic rings. The van der Waals surface area contributed by atoms with E-state index in [9.17, 15) is 0 Å². The molecule has 1 saturated heterocycles. The lowest BCUT2D eigenvalue weighted by atomic mass is 10.2. The summed E-state index contributed by atoms with van der Waals surface area (Å²) < 4.78 is 0. The van der Waals surface area contributed by atoms with Gasteiger partial charge in [-0.2, -0.15) is 0 Å². The average molecular weight is 319 g/mol. The second-order valence-corrected chi connectivity index (χ2v) is 5.56. The maximum Gasteiger partial charge on any atom is 0.151 e. The van der Waals surface area contributed by atoms with E-state index < -0.39 is 0 Å². The van der Waals surface area contributed by atoms with E-state index in [1.807, 2.05) is 30.3 Å². The highest BCUT2D eigenvalue weighted by molar-refractivity contribution is 5.58. The molecule has 7 heteroatoms. The Bertz CT molecular complexity index is 769. The lowest BCUT2D eigenvalue weighted by Gasteiger charge is -2.35. The molecule has 3 aromatic rings. The smallest absolute Gasteiger partial charge is 0.151 e. The Kier molecular flexibility index (Phi) is 3.97. The zero-order chi connectivity index (χ0) is 16.2. The third-order valence-electron chi connectivity index (χ3n) is 4.10. The van der Waals surface area contributed by atoms with Crippen molar-refractivity contribution in [2.75, 3.05) is 36.0 Å². The van der Waals surface area contributed by atoms with Crippen molar-refractivity contribution in [2.24, 2.45) is 0 Å². The molecule has 7 nitrogen and oxygen atoms in total. The molecule has 0 bridgehead atoms. The van der Waals surface area contributed by atoms with Gasteiger partial charge >= 0.3 is 0 Å². The van der Waals surface area contributed by atoms with Gasteiger partial charge in [0.25, 0.3) is 0 Å². The summed E-state index contributed by atoms with van der Waals surface area (Å²) in [6.07, 6.45) is 6.91. The minimum Gasteiger partial charge on any atom is -0.353 e. The standard InChI is InChI=1S/C17H17N7/c1-2-14(12-18-6-1)15-3-4-17(22-21-15)24-10-8-23(9-11-24)16-5-7-19-13-20-16/h1-7,12-13H,8-11H2. The SMILES string of the molecule is c1cncc(-c2ccc(N3CCN(c4ccncn4)CC3)nn2)c1. The number of rotatable bonds is 3. The zero-order valence-electron chi connectivity index (χ0n) is 13.2. The van der Waals surface area contributed by atoms with E-state index in [4.69, 9.17) is 0 Å². The van der Waals surface area contributed by atoms with Crippen LogP contribution in [0.4, 0.5) is 11.6 Å². The van der Waals surface area contributed by atoms with Gasteiger partial charge in [-0.3, -0.25) is 4.98 Å². The molecular weight excluding hydrogens is 302 g/mol. The van der Waals surface area contributed by atoms with Crippen LogP contribution >= 0.6 is 0 Å². The number of aromatic nitrogens is 5. The quantitative estimate of drug-likeness (QED) is 0.727. The normalized spacial score (nSPS) is 14.7. The Morgan fingerprint density at radius 1 is 0.750 bits per heavy atom. The van der Waals surface area contributed by atoms with Crippen molar-refractivity contribution in [1.29, 1.82) is 0 Å². The molecule has 0 atom stereocenters. The highest BCUT2D eigenvalue weighted by atomic mass is 15.3. The van der Waals surface area contributed by atoms with Gasteiger partial charge in [-0.25, -0.2) is 9.97 Å². The molecule has 0 saturated carbocycles. The van der Waals surface area contributed by atoms with Gasteiger partial charge in [-0.1, -0.05) is 0 Å². The summed E-state index contributed by atoms with van der Waals surface area (Å²) in [5, 5.41) is 8.72. The van der Waals surface area contributed by atoms with Crippen LogP contribution in [0, 0.1) is 0 Å². The van der Waals surface area contributed by atoms with Crippen LogP contribution in [0.2, 0.25) is 0 Å². The Morgan fingerprint density at radius 2 is 1.58 bits per heavy atom. The van der Waals surface area contributed by atoms with Crippen LogP contribution in [0.3, 0.4) is 0 Å². The van der Waals surface area contributed by atoms with E-state index in [2.05, 4.69) is 34.9 Å². The Hall–Kier alpha value is -3.09. The molecule has 24 heavy (non-hydrogen) atoms. The van der Waals surface area contributed by atoms with Gasteiger partial charge in [-0.05, 0) is 30.3 Å². The second-order valence-electron chi connectivity index (χ2n) is 5.56. The van der Waals surface area contributed by atoms with E-state index >= 15 is 0 Å². The van der Waals surface area contributed by atoms with Crippen molar-refractivity contribution in [3.63, 3.8) is 0 Å². The topological polar surface area (TPSA) is 70.9 Å². The molecule has 4 rings (SSSR count). The molecule has 0 unspecified atom stereocenters. The fourth-order valence-corrected chi connectivity index (χ4v) is 2.80. The summed E-state index contributed by atoms with van der Waals surface area (Å²) in [6, 6.07) is 9.85. The van der Waals surface area contributed by atoms with Crippen LogP contribution < -0.4 is 9.80 Å². The fourth-order valence-electron chi connectivity index (χ4n) is 2.80. The molecule has 0 amide bonds. The number of nitrogens with zero attached hydrogens (tertiary/aromatic N) is 7. The lowest BCUT2D eigenvalue weighted by molar-refractivity contribution is 0.637. The van der Waals surface area contributed by atoms with E-state index in [1.165, 1.54) is 0 Å². The van der Waals surface area contributed by atoms with Crippen molar-refractivity contribution in [3.05, 3.63) is 55.2 Å². The number of pyridine rings is 1. The summed E-state index contributed by atoms with van der Waals surface area (Å²) in [4.78, 5) is 16.9. The molecule has 1 aliphatic heterocycles. The molecule has 0 aromatic carbocycles. The molecule has 4 heterocycles. The largest absolute Gasteiger partial charge is 0.353 e. The molecule has 0 N–H and O–H groups in total. The predicted molar refractivity (Wildman–Crippen MR) is 91.7 cm³/mol. The van der Waals surface area contributed by atoms with Crippen LogP contribution in [-0.2, 0) is 0 Å². The van der Waals surface area contributed by atoms with E-state index in [1.54, 1.807) is 24.9 Å². The van der Waals surface area contributed by atoms with Crippen LogP contribution in [0.15, 0.2) is 55.2 Å². The first-order chi connectivity index (χ1) is 11.9. The average Bonchev–Trinajstić information content (AvgIpc) is 2.70. The van der Waals surface area contributed by atoms with Gasteiger partial charge in [0.15, 0.2) is 5.82 Å². The minimum absolute atomic E-state index is 0.839. The number of anilines is 2. The Morgan fingerprint density at radius 3 is 2.21 bits per heavy atom. The van der Waals surface area contributed by atoms with Crippen LogP contribution in [0.1, 0.15) is 0 Å². The van der Waals surface area contributed by atoms with Crippen molar-refractivity contribution in [1.82, 2.24) is 25.1 Å². The van der Waals surface area contributed by atoms with Crippen molar-refractivity contribution >= 4 is 11.6 Å². The first-order valence-corrected chi connectivity index (χ1v) is 7.90. The van der Waals surface area contributed by atoms with Gasteiger partial charge < -0.3 is 9.80 Å². The lowest BCUT2D eigenvalue weighted by Crippen LogP contribution is -2.47. The summed E-state index contributed by atoms with van der Waals surface area (Å²) >= 11 is 0. The van der Waals surface area contributed by atoms with Gasteiger partial charge in [0.2, 0.25) is 0 Å². The number of hydrogen-bond acceptors (Lipinski definition) is 7. The van der Waals surface area contributed by atoms with Crippen LogP contribution in [-0.4, -0.2) is 51.3 Å². The van der Waals surface area contributed by atoms with Crippen LogP contribution in [0.25, 0.3) is 11.3 Å². The van der Waals surface area contributed by atoms with Gasteiger partial charge in [0.1, 0.15) is 12.1 Å². The van der Waals surface area contributed by atoms with Crippen molar-refractivity contribution in [2.45, 2.75) is 0 Å². The monoisotopic (exact) mass is 319 g/mol. The second kappa shape index (κ2) is 6.57. The molecule has 0 spiro atoms. The van der Waals surface area contributed by atoms with E-state index in [-0.39, 0.29) is 0 Å². The minimum atomic E-state index is 0.839. The van der Waals surface area contributed by atoms with Crippen molar-refractivity contribution < 1.29 is 0 Å². The van der Waals surface area contributed by atoms with Gasteiger partial charge in [0.05, 0.1) is 5.69 Å². The summed E-state index contributed by atoms with van der Waals surface area (Å²) in [5.41, 5.74) is 1.82. The fraction of sp³-hybridized carbons (Fsp3) is 0.235. The highest BCUT2D eigenvalue weighted by Crippen LogP contribution is 2.19. The molecular formula is C17H17N7. The van der Waals surface area contributed by atoms with E-state index in [0.29, 0.717) is 0 Å². The summed E-state index contributed by atoms with van der Waals surface area (Å²) in [6.45, 7) is 3.60. The first kappa shape index (κ1) is 14.5. The summed E-state index contributed by atoms with van der Waals surface area (Å²) in [5.74, 6) is 1.88. The molecule has 120 valence electrons. The van der Waals surface area contributed by atoms with Gasteiger partial charge in [-0.15, -0.1) is 10.2 Å². The van der Waals surface area contributed by atoms with Crippen LogP contribution in [0.5, 0.6) is 0 Å². The number of hydrogen-bond donors (Lipinski definition) is 0. The number of piperazine rings is 1. The summed E-state index contributed by atoms with van der Waals surface area (Å²) in [7, 11) is 0. The Labute approximate surface area is 140 Å². The maximum atomic E-state index is 4.38. The Balaban J connectivity index is 1.43. The molecule has 1 fully saturated rings. The first-order valence-electron chi connectivity index (χ1n) is 7.90. The molecule has 3 aromatic heterocycles. The predicted octanol–water partition coefficient (Wildman–Crippen LogP) is 1.66. The van der Waals surface area contributed by atoms with Gasteiger partial charge in [0, 0.05) is 50.3 Å². The highest BCUT2D eigenvalue weighted by Gasteiger charge is 2.19. The third kappa shape index (κ3) is 3.01. The van der Waals surface area contributed by atoms with Crippen molar-refractivity contribution in [3.8, 4) is 11.3 Å². The molecule has 0 aliphatic carbocycles. The zero-order valence-corrected chi connectivity index (χ0v) is 13.2. The van der Waals surface area contributed by atoms with E-state index in [0.717, 1.165) is 49.1 Å². The maximum absolute atomic E-state index is 4.38. The molecule has 0 radical (unpaired) electrons.